The van der Waals surface area contributed by atoms with E-state index in [-0.39, 0.29) is 17.3 Å². The minimum Gasteiger partial charge on any atom is -0.293 e. The summed E-state index contributed by atoms with van der Waals surface area (Å²) >= 11 is 5.96. The molecule has 0 amide bonds. The van der Waals surface area contributed by atoms with Gasteiger partial charge in [-0.05, 0) is 30.5 Å². The molecule has 1 fully saturated rings. The molecule has 80 valence electrons. The zero-order valence-electron chi connectivity index (χ0n) is 8.61. The standard InChI is InChI=1S/C13H10ClNO/c14-12-4-2-1-3-10(12)7-11(8-15)13(16)9-5-6-9/h1-4,7,9H,5-6H2. The molecular weight excluding hydrogens is 222 g/mol. The van der Waals surface area contributed by atoms with Gasteiger partial charge in [-0.3, -0.25) is 4.79 Å². The fraction of sp³-hybridized carbons (Fsp3) is 0.231. The monoisotopic (exact) mass is 231 g/mol. The van der Waals surface area contributed by atoms with E-state index < -0.39 is 0 Å². The van der Waals surface area contributed by atoms with Crippen molar-refractivity contribution in [1.29, 1.82) is 5.26 Å². The summed E-state index contributed by atoms with van der Waals surface area (Å²) in [6.45, 7) is 0. The molecule has 1 aromatic rings. The molecule has 0 spiro atoms. The summed E-state index contributed by atoms with van der Waals surface area (Å²) in [4.78, 5) is 11.7. The molecule has 0 atom stereocenters. The molecule has 0 aromatic heterocycles. The SMILES string of the molecule is N#CC(=Cc1ccccc1Cl)C(=O)C1CC1. The molecule has 1 aromatic carbocycles. The molecule has 0 radical (unpaired) electrons. The van der Waals surface area contributed by atoms with Gasteiger partial charge in [-0.1, -0.05) is 29.8 Å². The van der Waals surface area contributed by atoms with E-state index in [1.807, 2.05) is 18.2 Å². The van der Waals surface area contributed by atoms with Gasteiger partial charge in [-0.2, -0.15) is 5.26 Å². The number of hydrogen-bond acceptors (Lipinski definition) is 2. The van der Waals surface area contributed by atoms with Gasteiger partial charge in [0.1, 0.15) is 6.07 Å². The normalized spacial score (nSPS) is 15.6. The lowest BCUT2D eigenvalue weighted by Gasteiger charge is -1.99. The van der Waals surface area contributed by atoms with Crippen LogP contribution in [0.2, 0.25) is 5.02 Å². The van der Waals surface area contributed by atoms with Crippen molar-refractivity contribution in [2.75, 3.05) is 0 Å². The zero-order chi connectivity index (χ0) is 11.5. The van der Waals surface area contributed by atoms with Crippen molar-refractivity contribution in [2.45, 2.75) is 12.8 Å². The number of benzene rings is 1. The topological polar surface area (TPSA) is 40.9 Å². The average Bonchev–Trinajstić information content (AvgIpc) is 3.11. The predicted octanol–water partition coefficient (Wildman–Crippen LogP) is 3.23. The third kappa shape index (κ3) is 2.32. The van der Waals surface area contributed by atoms with E-state index in [1.54, 1.807) is 18.2 Å². The predicted molar refractivity (Wildman–Crippen MR) is 62.8 cm³/mol. The Balaban J connectivity index is 2.31. The molecule has 16 heavy (non-hydrogen) atoms. The Kier molecular flexibility index (Phi) is 3.07. The minimum atomic E-state index is -0.0533. The first kappa shape index (κ1) is 10.9. The molecular formula is C13H10ClNO. The minimum absolute atomic E-state index is 0.0533. The van der Waals surface area contributed by atoms with Gasteiger partial charge >= 0.3 is 0 Å². The van der Waals surface area contributed by atoms with Crippen molar-refractivity contribution in [3.8, 4) is 6.07 Å². The first-order chi connectivity index (χ1) is 7.72. The van der Waals surface area contributed by atoms with Crippen molar-refractivity contribution >= 4 is 23.5 Å². The van der Waals surface area contributed by atoms with Crippen LogP contribution in [0.25, 0.3) is 6.08 Å². The number of carbonyl (C=O) groups is 1. The maximum absolute atomic E-state index is 11.7. The van der Waals surface area contributed by atoms with Gasteiger partial charge in [0.15, 0.2) is 5.78 Å². The number of nitrogens with zero attached hydrogens (tertiary/aromatic N) is 1. The number of ketones is 1. The number of Topliss-reactive ketones (excluding diaryl/α,β-unsaturated/α-hetero) is 1. The van der Waals surface area contributed by atoms with Crippen LogP contribution >= 0.6 is 11.6 Å². The molecule has 0 aliphatic heterocycles. The lowest BCUT2D eigenvalue weighted by Crippen LogP contribution is -2.02. The lowest BCUT2D eigenvalue weighted by atomic mass is 10.1. The molecule has 3 heteroatoms. The number of rotatable bonds is 3. The molecule has 0 bridgehead atoms. The lowest BCUT2D eigenvalue weighted by molar-refractivity contribution is -0.116. The van der Waals surface area contributed by atoms with Gasteiger partial charge in [0.25, 0.3) is 0 Å². The summed E-state index contributed by atoms with van der Waals surface area (Å²) in [5.74, 6) is 0.0100. The smallest absolute Gasteiger partial charge is 0.176 e. The highest BCUT2D eigenvalue weighted by Crippen LogP contribution is 2.33. The van der Waals surface area contributed by atoms with Crippen LogP contribution in [0.3, 0.4) is 0 Å². The van der Waals surface area contributed by atoms with Crippen LogP contribution in [0.4, 0.5) is 0 Å². The second kappa shape index (κ2) is 4.51. The molecule has 0 heterocycles. The van der Waals surface area contributed by atoms with E-state index in [1.165, 1.54) is 0 Å². The summed E-state index contributed by atoms with van der Waals surface area (Å²) in [6, 6.07) is 9.12. The van der Waals surface area contributed by atoms with Crippen LogP contribution in [-0.4, -0.2) is 5.78 Å². The third-order valence-electron chi connectivity index (χ3n) is 2.54. The highest BCUT2D eigenvalue weighted by atomic mass is 35.5. The van der Waals surface area contributed by atoms with Crippen LogP contribution < -0.4 is 0 Å². The highest BCUT2D eigenvalue weighted by Gasteiger charge is 2.31. The van der Waals surface area contributed by atoms with Gasteiger partial charge < -0.3 is 0 Å². The summed E-state index contributed by atoms with van der Waals surface area (Å²) in [5, 5.41) is 9.50. The highest BCUT2D eigenvalue weighted by molar-refractivity contribution is 6.32. The molecule has 2 rings (SSSR count). The fourth-order valence-electron chi connectivity index (χ4n) is 1.47. The first-order valence-electron chi connectivity index (χ1n) is 5.13. The maximum Gasteiger partial charge on any atom is 0.176 e. The molecule has 2 nitrogen and oxygen atoms in total. The van der Waals surface area contributed by atoms with E-state index in [9.17, 15) is 4.79 Å². The Morgan fingerprint density at radius 2 is 2.12 bits per heavy atom. The molecule has 0 N–H and O–H groups in total. The summed E-state index contributed by atoms with van der Waals surface area (Å²) in [7, 11) is 0. The van der Waals surface area contributed by atoms with E-state index in [2.05, 4.69) is 0 Å². The summed E-state index contributed by atoms with van der Waals surface area (Å²) in [5.41, 5.74) is 0.922. The van der Waals surface area contributed by atoms with Crippen LogP contribution in [0.15, 0.2) is 29.8 Å². The van der Waals surface area contributed by atoms with Crippen molar-refractivity contribution in [3.05, 3.63) is 40.4 Å². The van der Waals surface area contributed by atoms with Crippen LogP contribution in [0, 0.1) is 17.2 Å². The van der Waals surface area contributed by atoms with Crippen molar-refractivity contribution in [3.63, 3.8) is 0 Å². The third-order valence-corrected chi connectivity index (χ3v) is 2.88. The number of nitriles is 1. The number of carbonyl (C=O) groups excluding carboxylic acids is 1. The Labute approximate surface area is 99.1 Å². The van der Waals surface area contributed by atoms with Crippen LogP contribution in [0.1, 0.15) is 18.4 Å². The zero-order valence-corrected chi connectivity index (χ0v) is 9.37. The second-order valence-electron chi connectivity index (χ2n) is 3.83. The number of halogens is 1. The molecule has 0 saturated heterocycles. The van der Waals surface area contributed by atoms with Gasteiger partial charge in [-0.15, -0.1) is 0 Å². The van der Waals surface area contributed by atoms with Crippen molar-refractivity contribution in [2.24, 2.45) is 5.92 Å². The average molecular weight is 232 g/mol. The van der Waals surface area contributed by atoms with Gasteiger partial charge in [0, 0.05) is 10.9 Å². The second-order valence-corrected chi connectivity index (χ2v) is 4.24. The number of hydrogen-bond donors (Lipinski definition) is 0. The largest absolute Gasteiger partial charge is 0.293 e. The number of allylic oxidation sites excluding steroid dienone is 1. The Bertz CT molecular complexity index is 495. The van der Waals surface area contributed by atoms with Crippen LogP contribution in [-0.2, 0) is 4.79 Å². The van der Waals surface area contributed by atoms with E-state index in [0.29, 0.717) is 5.02 Å². The van der Waals surface area contributed by atoms with Crippen molar-refractivity contribution < 1.29 is 4.79 Å². The van der Waals surface area contributed by atoms with Gasteiger partial charge in [-0.25, -0.2) is 0 Å². The summed E-state index contributed by atoms with van der Waals surface area (Å²) in [6.07, 6.45) is 3.38. The maximum atomic E-state index is 11.7. The summed E-state index contributed by atoms with van der Waals surface area (Å²) < 4.78 is 0. The van der Waals surface area contributed by atoms with E-state index in [4.69, 9.17) is 16.9 Å². The molecule has 1 saturated carbocycles. The Morgan fingerprint density at radius 1 is 1.44 bits per heavy atom. The fourth-order valence-corrected chi connectivity index (χ4v) is 1.66. The molecule has 1 aliphatic rings. The van der Waals surface area contributed by atoms with E-state index in [0.717, 1.165) is 18.4 Å². The Hall–Kier alpha value is -1.59. The van der Waals surface area contributed by atoms with Crippen LogP contribution in [0.5, 0.6) is 0 Å². The van der Waals surface area contributed by atoms with Gasteiger partial charge in [0.2, 0.25) is 0 Å². The molecule has 1 aliphatic carbocycles. The molecule has 0 unspecified atom stereocenters. The van der Waals surface area contributed by atoms with Gasteiger partial charge in [0.05, 0.1) is 5.57 Å². The van der Waals surface area contributed by atoms with Crippen molar-refractivity contribution in [1.82, 2.24) is 0 Å². The quantitative estimate of drug-likeness (QED) is 0.592. The van der Waals surface area contributed by atoms with E-state index >= 15 is 0 Å². The first-order valence-corrected chi connectivity index (χ1v) is 5.50. The Morgan fingerprint density at radius 3 is 2.69 bits per heavy atom.